The Bertz CT molecular complexity index is 1110. The first-order valence-electron chi connectivity index (χ1n) is 8.89. The average Bonchev–Trinajstić information content (AvgIpc) is 2.69. The summed E-state index contributed by atoms with van der Waals surface area (Å²) in [5.74, 6) is -2.00. The van der Waals surface area contributed by atoms with E-state index in [2.05, 4.69) is 10.6 Å². The van der Waals surface area contributed by atoms with E-state index in [0.717, 1.165) is 11.0 Å². The van der Waals surface area contributed by atoms with Crippen LogP contribution in [0.15, 0.2) is 70.0 Å². The van der Waals surface area contributed by atoms with Gasteiger partial charge in [0.2, 0.25) is 21.8 Å². The summed E-state index contributed by atoms with van der Waals surface area (Å²) in [5.41, 5.74) is 0.840. The Balaban J connectivity index is 1.93. The Morgan fingerprint density at radius 2 is 1.52 bits per heavy atom. The van der Waals surface area contributed by atoms with Crippen molar-refractivity contribution in [3.63, 3.8) is 0 Å². The molecule has 0 saturated heterocycles. The maximum absolute atomic E-state index is 12.4. The van der Waals surface area contributed by atoms with Crippen molar-refractivity contribution < 1.29 is 27.9 Å². The molecule has 2 rings (SSSR count). The predicted octanol–water partition coefficient (Wildman–Crippen LogP) is 2.42. The van der Waals surface area contributed by atoms with Gasteiger partial charge in [-0.05, 0) is 62.4 Å². The number of anilines is 2. The Kier molecular flexibility index (Phi) is 7.97. The molecule has 11 heteroatoms. The van der Waals surface area contributed by atoms with Gasteiger partial charge in [-0.3, -0.25) is 9.59 Å². The van der Waals surface area contributed by atoms with Crippen molar-refractivity contribution in [1.29, 1.82) is 0 Å². The van der Waals surface area contributed by atoms with Gasteiger partial charge in [0, 0.05) is 27.9 Å². The number of nitrogens with two attached hydrogens (primary N) is 1. The quantitative estimate of drug-likeness (QED) is 0.346. The molecule has 0 fully saturated rings. The van der Waals surface area contributed by atoms with E-state index in [1.165, 1.54) is 43.0 Å². The van der Waals surface area contributed by atoms with Crippen LogP contribution in [0.25, 0.3) is 0 Å². The normalized spacial score (nSPS) is 12.7. The molecular weight excluding hydrogens is 442 g/mol. The molecule has 1 atom stereocenters. The van der Waals surface area contributed by atoms with Crippen molar-refractivity contribution in [3.05, 3.63) is 60.2 Å². The monoisotopic (exact) mass is 463 g/mol. The van der Waals surface area contributed by atoms with Gasteiger partial charge in [0.05, 0.1) is 10.1 Å². The van der Waals surface area contributed by atoms with Crippen LogP contribution in [0.1, 0.15) is 13.8 Å². The van der Waals surface area contributed by atoms with Crippen LogP contribution in [0.3, 0.4) is 0 Å². The molecule has 0 aliphatic rings. The molecule has 0 spiro atoms. The van der Waals surface area contributed by atoms with Gasteiger partial charge in [-0.15, -0.1) is 11.8 Å². The lowest BCUT2D eigenvalue weighted by molar-refractivity contribution is -0.132. The van der Waals surface area contributed by atoms with E-state index in [0.29, 0.717) is 11.4 Å². The fourth-order valence-corrected chi connectivity index (χ4v) is 3.67. The van der Waals surface area contributed by atoms with E-state index in [1.54, 1.807) is 31.2 Å². The predicted molar refractivity (Wildman–Crippen MR) is 118 cm³/mol. The van der Waals surface area contributed by atoms with Crippen molar-refractivity contribution in [1.82, 2.24) is 0 Å². The second-order valence-corrected chi connectivity index (χ2v) is 9.44. The molecule has 0 radical (unpaired) electrons. The highest BCUT2D eigenvalue weighted by molar-refractivity contribution is 8.00. The minimum absolute atomic E-state index is 0.0475. The number of aliphatic carboxylic acids is 1. The minimum Gasteiger partial charge on any atom is -0.478 e. The second kappa shape index (κ2) is 10.2. The van der Waals surface area contributed by atoms with Crippen LogP contribution in [-0.2, 0) is 24.4 Å². The molecule has 0 aliphatic carbocycles. The Morgan fingerprint density at radius 3 is 2.03 bits per heavy atom. The van der Waals surface area contributed by atoms with Crippen LogP contribution >= 0.6 is 11.8 Å². The number of amides is 2. The molecule has 9 nitrogen and oxygen atoms in total. The van der Waals surface area contributed by atoms with Crippen molar-refractivity contribution in [2.75, 3.05) is 10.6 Å². The number of sulfonamides is 1. The number of rotatable bonds is 8. The maximum atomic E-state index is 12.4. The van der Waals surface area contributed by atoms with Gasteiger partial charge >= 0.3 is 5.97 Å². The van der Waals surface area contributed by atoms with Crippen molar-refractivity contribution in [2.24, 2.45) is 5.14 Å². The molecule has 2 amide bonds. The number of carbonyl (C=O) groups excluding carboxylic acids is 2. The lowest BCUT2D eigenvalue weighted by atomic mass is 10.2. The number of carbonyl (C=O) groups is 3. The van der Waals surface area contributed by atoms with Crippen LogP contribution in [-0.4, -0.2) is 36.6 Å². The van der Waals surface area contributed by atoms with Crippen LogP contribution in [0.5, 0.6) is 0 Å². The van der Waals surface area contributed by atoms with Crippen molar-refractivity contribution in [3.8, 4) is 0 Å². The van der Waals surface area contributed by atoms with Gasteiger partial charge in [0.1, 0.15) is 0 Å². The fourth-order valence-electron chi connectivity index (χ4n) is 2.28. The first-order valence-corrected chi connectivity index (χ1v) is 11.3. The Morgan fingerprint density at radius 1 is 1.00 bits per heavy atom. The number of thioether (sulfide) groups is 1. The summed E-state index contributed by atoms with van der Waals surface area (Å²) in [7, 11) is -3.80. The van der Waals surface area contributed by atoms with E-state index in [4.69, 9.17) is 10.2 Å². The minimum atomic E-state index is -3.80. The van der Waals surface area contributed by atoms with E-state index in [9.17, 15) is 22.8 Å². The van der Waals surface area contributed by atoms with Crippen LogP contribution < -0.4 is 15.8 Å². The van der Waals surface area contributed by atoms with E-state index in [1.807, 2.05) is 0 Å². The van der Waals surface area contributed by atoms with E-state index in [-0.39, 0.29) is 16.4 Å². The first-order chi connectivity index (χ1) is 14.5. The summed E-state index contributed by atoms with van der Waals surface area (Å²) < 4.78 is 22.5. The molecule has 0 heterocycles. The SMILES string of the molecule is C/C(=C\C(=O)Nc1ccc(S[C@@H](C)C(=O)Nc2ccc(S(N)(=O)=O)cc2)cc1)C(=O)O. The van der Waals surface area contributed by atoms with Crippen molar-refractivity contribution in [2.45, 2.75) is 28.9 Å². The third kappa shape index (κ3) is 7.55. The lowest BCUT2D eigenvalue weighted by Crippen LogP contribution is -2.22. The number of hydrogen-bond acceptors (Lipinski definition) is 6. The van der Waals surface area contributed by atoms with Gasteiger partial charge in [0.15, 0.2) is 0 Å². The first kappa shape index (κ1) is 24.1. The summed E-state index contributed by atoms with van der Waals surface area (Å²) in [6, 6.07) is 12.2. The number of carboxylic acid groups (broad SMARTS) is 1. The van der Waals surface area contributed by atoms with E-state index >= 15 is 0 Å². The standard InChI is InChI=1S/C20H21N3O6S2/c1-12(20(26)27)11-18(24)22-14-3-7-16(8-4-14)30-13(2)19(25)23-15-5-9-17(10-6-15)31(21,28)29/h3-11,13H,1-2H3,(H,22,24)(H,23,25)(H,26,27)(H2,21,28,29)/b12-11+/t13-/m0/s1. The second-order valence-electron chi connectivity index (χ2n) is 6.46. The summed E-state index contributed by atoms with van der Waals surface area (Å²) in [5, 5.41) is 18.6. The third-order valence-electron chi connectivity index (χ3n) is 3.94. The lowest BCUT2D eigenvalue weighted by Gasteiger charge is -2.13. The third-order valence-corrected chi connectivity index (χ3v) is 5.98. The van der Waals surface area contributed by atoms with Gasteiger partial charge in [-0.2, -0.15) is 0 Å². The zero-order chi connectivity index (χ0) is 23.2. The van der Waals surface area contributed by atoms with E-state index < -0.39 is 27.1 Å². The van der Waals surface area contributed by atoms with Crippen LogP contribution in [0, 0.1) is 0 Å². The molecular formula is C20H21N3O6S2. The van der Waals surface area contributed by atoms with Crippen LogP contribution in [0.4, 0.5) is 11.4 Å². The molecule has 0 unspecified atom stereocenters. The smallest absolute Gasteiger partial charge is 0.331 e. The largest absolute Gasteiger partial charge is 0.478 e. The highest BCUT2D eigenvalue weighted by atomic mass is 32.2. The number of hydrogen-bond donors (Lipinski definition) is 4. The Hall–Kier alpha value is -3.15. The molecule has 164 valence electrons. The fraction of sp³-hybridized carbons (Fsp3) is 0.150. The molecule has 0 saturated carbocycles. The topological polar surface area (TPSA) is 156 Å². The zero-order valence-electron chi connectivity index (χ0n) is 16.7. The van der Waals surface area contributed by atoms with Gasteiger partial charge < -0.3 is 15.7 Å². The summed E-state index contributed by atoms with van der Waals surface area (Å²) >= 11 is 1.29. The average molecular weight is 464 g/mol. The number of nitrogens with one attached hydrogen (secondary N) is 2. The highest BCUT2D eigenvalue weighted by Gasteiger charge is 2.15. The molecule has 2 aromatic carbocycles. The van der Waals surface area contributed by atoms with Gasteiger partial charge in [0.25, 0.3) is 0 Å². The summed E-state index contributed by atoms with van der Waals surface area (Å²) in [6.07, 6.45) is 0.993. The molecule has 0 bridgehead atoms. The molecule has 31 heavy (non-hydrogen) atoms. The van der Waals surface area contributed by atoms with Gasteiger partial charge in [-0.1, -0.05) is 0 Å². The Labute approximate surface area is 183 Å². The molecule has 2 aromatic rings. The maximum Gasteiger partial charge on any atom is 0.331 e. The van der Waals surface area contributed by atoms with Crippen LogP contribution in [0.2, 0.25) is 0 Å². The summed E-state index contributed by atoms with van der Waals surface area (Å²) in [6.45, 7) is 3.04. The summed E-state index contributed by atoms with van der Waals surface area (Å²) in [4.78, 5) is 35.6. The zero-order valence-corrected chi connectivity index (χ0v) is 18.3. The molecule has 5 N–H and O–H groups in total. The molecule has 0 aliphatic heterocycles. The van der Waals surface area contributed by atoms with Crippen molar-refractivity contribution >= 4 is 50.9 Å². The highest BCUT2D eigenvalue weighted by Crippen LogP contribution is 2.26. The number of primary sulfonamides is 1. The molecule has 0 aromatic heterocycles. The van der Waals surface area contributed by atoms with Gasteiger partial charge in [-0.25, -0.2) is 18.4 Å². The number of carboxylic acids is 1. The number of benzene rings is 2.